The van der Waals surface area contributed by atoms with Crippen molar-refractivity contribution in [2.45, 2.75) is 19.4 Å². The molecule has 0 aromatic carbocycles. The van der Waals surface area contributed by atoms with Gasteiger partial charge in [0.1, 0.15) is 5.69 Å². The van der Waals surface area contributed by atoms with Crippen LogP contribution in [0.15, 0.2) is 5.38 Å². The maximum Gasteiger partial charge on any atom is 0.273 e. The Bertz CT molecular complexity index is 314. The van der Waals surface area contributed by atoms with Crippen LogP contribution in [0.4, 0.5) is 0 Å². The molecule has 0 saturated heterocycles. The van der Waals surface area contributed by atoms with Crippen molar-refractivity contribution in [1.29, 1.82) is 0 Å². The van der Waals surface area contributed by atoms with E-state index in [1.807, 2.05) is 0 Å². The number of aromatic nitrogens is 1. The fourth-order valence-electron chi connectivity index (χ4n) is 0.785. The van der Waals surface area contributed by atoms with Crippen LogP contribution in [0.1, 0.15) is 24.3 Å². The molecule has 0 saturated carbocycles. The summed E-state index contributed by atoms with van der Waals surface area (Å²) >= 11 is 1.28. The van der Waals surface area contributed by atoms with Crippen molar-refractivity contribution in [1.82, 2.24) is 4.98 Å². The zero-order valence-corrected chi connectivity index (χ0v) is 8.64. The Hall–Kier alpha value is -0.940. The maximum atomic E-state index is 11.6. The number of hydrogen-bond donors (Lipinski definition) is 1. The van der Waals surface area contributed by atoms with Crippen LogP contribution in [-0.2, 0) is 0 Å². The van der Waals surface area contributed by atoms with E-state index in [9.17, 15) is 4.79 Å². The monoisotopic (exact) mass is 200 g/mol. The molecule has 0 aliphatic rings. The first-order valence-corrected chi connectivity index (χ1v) is 4.66. The number of ketones is 1. The molecule has 0 amide bonds. The Morgan fingerprint density at radius 3 is 2.69 bits per heavy atom. The number of Topliss-reactive ketones (excluding diaryl/α,β-unsaturated/α-hetero) is 1. The Balaban J connectivity index is 2.90. The van der Waals surface area contributed by atoms with Gasteiger partial charge in [0, 0.05) is 5.38 Å². The standard InChI is InChI=1S/C8H12N2O2S/c1-8(2,9)6(11)5-4-13-7(10-5)12-3/h4H,9H2,1-3H3. The van der Waals surface area contributed by atoms with E-state index in [2.05, 4.69) is 4.98 Å². The minimum Gasteiger partial charge on any atom is -0.473 e. The number of nitrogens with zero attached hydrogens (tertiary/aromatic N) is 1. The van der Waals surface area contributed by atoms with Crippen molar-refractivity contribution >= 4 is 17.1 Å². The summed E-state index contributed by atoms with van der Waals surface area (Å²) in [5, 5.41) is 2.13. The molecular weight excluding hydrogens is 188 g/mol. The van der Waals surface area contributed by atoms with Gasteiger partial charge in [0.05, 0.1) is 12.6 Å². The van der Waals surface area contributed by atoms with Crippen LogP contribution in [0.25, 0.3) is 0 Å². The third-order valence-electron chi connectivity index (χ3n) is 1.48. The topological polar surface area (TPSA) is 65.2 Å². The number of ether oxygens (including phenoxy) is 1. The second-order valence-corrected chi connectivity index (χ2v) is 4.07. The predicted molar refractivity (Wildman–Crippen MR) is 51.3 cm³/mol. The summed E-state index contributed by atoms with van der Waals surface area (Å²) in [7, 11) is 1.51. The number of methoxy groups -OCH3 is 1. The molecule has 0 aliphatic carbocycles. The molecule has 1 heterocycles. The molecule has 4 nitrogen and oxygen atoms in total. The molecule has 2 N–H and O–H groups in total. The van der Waals surface area contributed by atoms with E-state index < -0.39 is 5.54 Å². The van der Waals surface area contributed by atoms with E-state index in [4.69, 9.17) is 10.5 Å². The molecule has 1 aromatic heterocycles. The molecule has 1 aromatic rings. The minimum absolute atomic E-state index is 0.174. The van der Waals surface area contributed by atoms with Crippen LogP contribution < -0.4 is 10.5 Å². The summed E-state index contributed by atoms with van der Waals surface area (Å²) < 4.78 is 4.87. The lowest BCUT2D eigenvalue weighted by Crippen LogP contribution is -2.41. The van der Waals surface area contributed by atoms with Crippen molar-refractivity contribution in [2.75, 3.05) is 7.11 Å². The van der Waals surface area contributed by atoms with E-state index >= 15 is 0 Å². The van der Waals surface area contributed by atoms with Crippen LogP contribution in [-0.4, -0.2) is 23.4 Å². The average molecular weight is 200 g/mol. The summed E-state index contributed by atoms with van der Waals surface area (Å²) in [5.41, 5.74) is 5.13. The van der Waals surface area contributed by atoms with Crippen molar-refractivity contribution in [3.05, 3.63) is 11.1 Å². The van der Waals surface area contributed by atoms with Crippen molar-refractivity contribution in [3.8, 4) is 5.19 Å². The van der Waals surface area contributed by atoms with Crippen molar-refractivity contribution < 1.29 is 9.53 Å². The van der Waals surface area contributed by atoms with Gasteiger partial charge in [0.2, 0.25) is 5.78 Å². The highest BCUT2D eigenvalue weighted by atomic mass is 32.1. The van der Waals surface area contributed by atoms with Crippen LogP contribution in [0.3, 0.4) is 0 Å². The summed E-state index contributed by atoms with van der Waals surface area (Å²) in [5.74, 6) is -0.174. The van der Waals surface area contributed by atoms with Gasteiger partial charge in [-0.25, -0.2) is 0 Å². The van der Waals surface area contributed by atoms with E-state index in [0.717, 1.165) is 0 Å². The highest BCUT2D eigenvalue weighted by molar-refractivity contribution is 7.11. The number of thiazole rings is 1. The van der Waals surface area contributed by atoms with Gasteiger partial charge in [0.15, 0.2) is 0 Å². The Morgan fingerprint density at radius 1 is 1.69 bits per heavy atom. The third kappa shape index (κ3) is 2.26. The van der Waals surface area contributed by atoms with Crippen LogP contribution in [0, 0.1) is 0 Å². The Kier molecular flexibility index (Phi) is 2.68. The number of carbonyl (C=O) groups is 1. The molecule has 13 heavy (non-hydrogen) atoms. The van der Waals surface area contributed by atoms with Crippen LogP contribution >= 0.6 is 11.3 Å². The van der Waals surface area contributed by atoms with Crippen LogP contribution in [0.5, 0.6) is 5.19 Å². The lowest BCUT2D eigenvalue weighted by Gasteiger charge is -2.14. The van der Waals surface area contributed by atoms with Gasteiger partial charge in [-0.15, -0.1) is 0 Å². The number of nitrogens with two attached hydrogens (primary N) is 1. The molecular formula is C8H12N2O2S. The van der Waals surface area contributed by atoms with Gasteiger partial charge < -0.3 is 10.5 Å². The number of hydrogen-bond acceptors (Lipinski definition) is 5. The number of carbonyl (C=O) groups excluding carboxylic acids is 1. The van der Waals surface area contributed by atoms with Gasteiger partial charge in [-0.2, -0.15) is 4.98 Å². The van der Waals surface area contributed by atoms with Gasteiger partial charge in [-0.1, -0.05) is 11.3 Å². The molecule has 5 heteroatoms. The predicted octanol–water partition coefficient (Wildman–Crippen LogP) is 1.07. The van der Waals surface area contributed by atoms with E-state index in [1.54, 1.807) is 19.2 Å². The van der Waals surface area contributed by atoms with Gasteiger partial charge in [0.25, 0.3) is 5.19 Å². The highest BCUT2D eigenvalue weighted by Gasteiger charge is 2.25. The quantitative estimate of drug-likeness (QED) is 0.741. The maximum absolute atomic E-state index is 11.6. The zero-order valence-electron chi connectivity index (χ0n) is 7.83. The average Bonchev–Trinajstić information content (AvgIpc) is 2.48. The second-order valence-electron chi connectivity index (χ2n) is 3.25. The first-order chi connectivity index (χ1) is 5.95. The molecule has 1 rings (SSSR count). The third-order valence-corrected chi connectivity index (χ3v) is 2.28. The van der Waals surface area contributed by atoms with E-state index in [-0.39, 0.29) is 5.78 Å². The van der Waals surface area contributed by atoms with Gasteiger partial charge in [-0.3, -0.25) is 4.79 Å². The van der Waals surface area contributed by atoms with Crippen molar-refractivity contribution in [2.24, 2.45) is 5.73 Å². The Labute approximate surface area is 80.7 Å². The molecule has 0 unspecified atom stereocenters. The summed E-state index contributed by atoms with van der Waals surface area (Å²) in [6.45, 7) is 3.31. The van der Waals surface area contributed by atoms with Gasteiger partial charge in [-0.05, 0) is 13.8 Å². The fraction of sp³-hybridized carbons (Fsp3) is 0.500. The van der Waals surface area contributed by atoms with Gasteiger partial charge >= 0.3 is 0 Å². The first-order valence-electron chi connectivity index (χ1n) is 3.78. The smallest absolute Gasteiger partial charge is 0.273 e. The SMILES string of the molecule is COc1nc(C(=O)C(C)(C)N)cs1. The lowest BCUT2D eigenvalue weighted by molar-refractivity contribution is 0.0908. The molecule has 0 spiro atoms. The second kappa shape index (κ2) is 3.43. The molecule has 0 fully saturated rings. The zero-order chi connectivity index (χ0) is 10.1. The largest absolute Gasteiger partial charge is 0.473 e. The van der Waals surface area contributed by atoms with Crippen molar-refractivity contribution in [3.63, 3.8) is 0 Å². The van der Waals surface area contributed by atoms with E-state index in [1.165, 1.54) is 18.4 Å². The molecule has 0 radical (unpaired) electrons. The molecule has 0 aliphatic heterocycles. The number of rotatable bonds is 3. The van der Waals surface area contributed by atoms with Crippen LogP contribution in [0.2, 0.25) is 0 Å². The fourth-order valence-corrected chi connectivity index (χ4v) is 1.40. The summed E-state index contributed by atoms with van der Waals surface area (Å²) in [6.07, 6.45) is 0. The lowest BCUT2D eigenvalue weighted by atomic mass is 9.99. The summed E-state index contributed by atoms with van der Waals surface area (Å²) in [4.78, 5) is 15.5. The highest BCUT2D eigenvalue weighted by Crippen LogP contribution is 2.19. The summed E-state index contributed by atoms with van der Waals surface area (Å²) in [6, 6.07) is 0. The molecule has 0 bridgehead atoms. The van der Waals surface area contributed by atoms with E-state index in [0.29, 0.717) is 10.9 Å². The Morgan fingerprint density at radius 2 is 2.31 bits per heavy atom. The minimum atomic E-state index is -0.876. The molecule has 72 valence electrons. The normalized spacial score (nSPS) is 11.4. The first kappa shape index (κ1) is 10.1. The molecule has 0 atom stereocenters.